The summed E-state index contributed by atoms with van der Waals surface area (Å²) in [5.74, 6) is 1.17. The number of nitrogens with one attached hydrogen (secondary N) is 2. The number of amides is 1. The van der Waals surface area contributed by atoms with E-state index in [1.807, 2.05) is 18.2 Å². The van der Waals surface area contributed by atoms with Crippen LogP contribution in [0.15, 0.2) is 54.6 Å². The van der Waals surface area contributed by atoms with Crippen LogP contribution in [-0.2, 0) is 16.2 Å². The molecule has 4 fully saturated rings. The minimum atomic E-state index is -0.756. The molecular weight excluding hydrogens is 560 g/mol. The van der Waals surface area contributed by atoms with E-state index in [1.54, 1.807) is 7.11 Å². The molecule has 7 heteroatoms. The Kier molecular flexibility index (Phi) is 11.5. The van der Waals surface area contributed by atoms with E-state index < -0.39 is 5.54 Å². The first kappa shape index (κ1) is 32.5. The summed E-state index contributed by atoms with van der Waals surface area (Å²) in [5, 5.41) is 8.80. The Balaban J connectivity index is 1.23. The second-order valence-electron chi connectivity index (χ2n) is 14.1. The van der Waals surface area contributed by atoms with Crippen molar-refractivity contribution in [2.75, 3.05) is 20.2 Å². The lowest BCUT2D eigenvalue weighted by atomic mass is 9.74. The van der Waals surface area contributed by atoms with E-state index in [-0.39, 0.29) is 24.0 Å². The highest BCUT2D eigenvalue weighted by Gasteiger charge is 2.53. The lowest BCUT2D eigenvalue weighted by molar-refractivity contribution is -0.133. The normalized spacial score (nSPS) is 28.5. The second kappa shape index (κ2) is 15.9. The van der Waals surface area contributed by atoms with Crippen LogP contribution in [0.1, 0.15) is 120 Å². The maximum atomic E-state index is 14.8. The van der Waals surface area contributed by atoms with Gasteiger partial charge >= 0.3 is 0 Å². The van der Waals surface area contributed by atoms with Gasteiger partial charge in [-0.25, -0.2) is 10.0 Å². The summed E-state index contributed by atoms with van der Waals surface area (Å²) >= 11 is 0. The molecule has 0 spiro atoms. The molecule has 3 atom stereocenters. The topological polar surface area (TPSA) is 66.1 Å². The zero-order chi connectivity index (χ0) is 30.9. The van der Waals surface area contributed by atoms with Crippen LogP contribution in [0.3, 0.4) is 0 Å². The molecule has 4 aliphatic rings. The first-order valence-electron chi connectivity index (χ1n) is 18.1. The zero-order valence-electron chi connectivity index (χ0n) is 27.6. The third kappa shape index (κ3) is 7.93. The number of carbonyl (C=O) groups excluding carboxylic acids is 1. The molecule has 2 aliphatic carbocycles. The van der Waals surface area contributed by atoms with Crippen molar-refractivity contribution in [3.63, 3.8) is 0 Å². The highest BCUT2D eigenvalue weighted by molar-refractivity contribution is 5.87. The Morgan fingerprint density at radius 2 is 1.47 bits per heavy atom. The van der Waals surface area contributed by atoms with Gasteiger partial charge in [0.1, 0.15) is 17.4 Å². The van der Waals surface area contributed by atoms with Gasteiger partial charge in [-0.1, -0.05) is 119 Å². The third-order valence-electron chi connectivity index (χ3n) is 11.1. The van der Waals surface area contributed by atoms with Gasteiger partial charge in [0, 0.05) is 37.7 Å². The number of hydrogen-bond acceptors (Lipinski definition) is 6. The molecule has 3 unspecified atom stereocenters. The Morgan fingerprint density at radius 3 is 2.16 bits per heavy atom. The van der Waals surface area contributed by atoms with Crippen molar-refractivity contribution in [1.82, 2.24) is 20.8 Å². The molecule has 2 aromatic carbocycles. The first-order chi connectivity index (χ1) is 22.2. The average Bonchev–Trinajstić information content (AvgIpc) is 3.69. The van der Waals surface area contributed by atoms with E-state index in [2.05, 4.69) is 57.2 Å². The number of benzene rings is 2. The van der Waals surface area contributed by atoms with E-state index in [4.69, 9.17) is 9.57 Å². The van der Waals surface area contributed by atoms with Crippen molar-refractivity contribution in [2.45, 2.75) is 133 Å². The van der Waals surface area contributed by atoms with Gasteiger partial charge in [-0.05, 0) is 43.2 Å². The standard InChI is InChI=1S/C38H56N4O3/c1-44-35-25-17-16-24-34(35)36-26-38(40-45-36,31-20-12-5-2-3-6-13-21-31)37(43)39-32-28-41(27-30-18-10-9-11-19-30)42(29-32)33-22-14-7-4-8-15-23-33/h9-11,16-19,24-25,31-33,36,40H,2-8,12-15,20-23,26-29H2,1H3,(H,39,43). The number of carbonyl (C=O) groups is 1. The van der Waals surface area contributed by atoms with Gasteiger partial charge in [0.25, 0.3) is 0 Å². The maximum Gasteiger partial charge on any atom is 0.243 e. The van der Waals surface area contributed by atoms with E-state index >= 15 is 0 Å². The van der Waals surface area contributed by atoms with Gasteiger partial charge in [0.05, 0.1) is 13.2 Å². The van der Waals surface area contributed by atoms with Gasteiger partial charge in [0.2, 0.25) is 5.91 Å². The number of hydrogen-bond donors (Lipinski definition) is 2. The Morgan fingerprint density at radius 1 is 0.844 bits per heavy atom. The molecule has 7 nitrogen and oxygen atoms in total. The number of para-hydroxylation sites is 1. The smallest absolute Gasteiger partial charge is 0.243 e. The van der Waals surface area contributed by atoms with Crippen molar-refractivity contribution >= 4 is 5.91 Å². The number of hydrazine groups is 1. The summed E-state index contributed by atoms with van der Waals surface area (Å²) in [5.41, 5.74) is 5.01. The van der Waals surface area contributed by atoms with Crippen molar-refractivity contribution in [3.05, 3.63) is 65.7 Å². The molecule has 0 aromatic heterocycles. The Bertz CT molecular complexity index is 1190. The van der Waals surface area contributed by atoms with Crippen LogP contribution in [0.5, 0.6) is 5.75 Å². The quantitative estimate of drug-likeness (QED) is 0.321. The Hall–Kier alpha value is -2.45. The molecule has 45 heavy (non-hydrogen) atoms. The molecule has 2 heterocycles. The summed E-state index contributed by atoms with van der Waals surface area (Å²) in [4.78, 5) is 21.1. The fraction of sp³-hybridized carbons (Fsp3) is 0.658. The Labute approximate surface area is 271 Å². The second-order valence-corrected chi connectivity index (χ2v) is 14.1. The van der Waals surface area contributed by atoms with Crippen LogP contribution < -0.4 is 15.5 Å². The van der Waals surface area contributed by atoms with E-state index in [9.17, 15) is 4.79 Å². The lowest BCUT2D eigenvalue weighted by Crippen LogP contribution is -2.60. The largest absolute Gasteiger partial charge is 0.496 e. The van der Waals surface area contributed by atoms with Crippen LogP contribution in [0.25, 0.3) is 0 Å². The molecule has 2 saturated heterocycles. The monoisotopic (exact) mass is 616 g/mol. The summed E-state index contributed by atoms with van der Waals surface area (Å²) in [6.07, 6.45) is 19.1. The number of ether oxygens (including phenoxy) is 1. The van der Waals surface area contributed by atoms with E-state index in [1.165, 1.54) is 89.0 Å². The highest BCUT2D eigenvalue weighted by atomic mass is 16.7. The summed E-state index contributed by atoms with van der Waals surface area (Å²) in [6.45, 7) is 2.60. The van der Waals surface area contributed by atoms with Crippen molar-refractivity contribution in [1.29, 1.82) is 0 Å². The minimum absolute atomic E-state index is 0.0759. The van der Waals surface area contributed by atoms with Gasteiger partial charge in [-0.3, -0.25) is 9.63 Å². The van der Waals surface area contributed by atoms with Crippen LogP contribution in [0, 0.1) is 5.92 Å². The molecule has 0 bridgehead atoms. The van der Waals surface area contributed by atoms with Crippen molar-refractivity contribution < 1.29 is 14.4 Å². The third-order valence-corrected chi connectivity index (χ3v) is 11.1. The fourth-order valence-corrected chi connectivity index (χ4v) is 8.58. The highest BCUT2D eigenvalue weighted by Crippen LogP contribution is 2.44. The van der Waals surface area contributed by atoms with Crippen LogP contribution in [0.4, 0.5) is 0 Å². The number of hydroxylamine groups is 1. The first-order valence-corrected chi connectivity index (χ1v) is 18.1. The van der Waals surface area contributed by atoms with Crippen molar-refractivity contribution in [3.8, 4) is 5.75 Å². The maximum absolute atomic E-state index is 14.8. The van der Waals surface area contributed by atoms with Crippen LogP contribution >= 0.6 is 0 Å². The molecular formula is C38H56N4O3. The van der Waals surface area contributed by atoms with Gasteiger partial charge in [-0.2, -0.15) is 5.48 Å². The molecule has 6 rings (SSSR count). The molecule has 2 aliphatic heterocycles. The lowest BCUT2D eigenvalue weighted by Gasteiger charge is -2.36. The van der Waals surface area contributed by atoms with Crippen LogP contribution in [0.2, 0.25) is 0 Å². The molecule has 0 radical (unpaired) electrons. The summed E-state index contributed by atoms with van der Waals surface area (Å²) in [6, 6.07) is 19.5. The number of rotatable bonds is 8. The van der Waals surface area contributed by atoms with Crippen LogP contribution in [-0.4, -0.2) is 53.7 Å². The molecule has 246 valence electrons. The van der Waals surface area contributed by atoms with Gasteiger partial charge in [-0.15, -0.1) is 0 Å². The fourth-order valence-electron chi connectivity index (χ4n) is 8.58. The predicted octanol–water partition coefficient (Wildman–Crippen LogP) is 7.48. The van der Waals surface area contributed by atoms with E-state index in [0.717, 1.165) is 43.8 Å². The summed E-state index contributed by atoms with van der Waals surface area (Å²) in [7, 11) is 1.71. The van der Waals surface area contributed by atoms with Crippen molar-refractivity contribution in [2.24, 2.45) is 5.92 Å². The average molecular weight is 617 g/mol. The number of nitrogens with zero attached hydrogens (tertiary/aromatic N) is 2. The van der Waals surface area contributed by atoms with Gasteiger partial charge in [0.15, 0.2) is 0 Å². The van der Waals surface area contributed by atoms with E-state index in [0.29, 0.717) is 12.5 Å². The van der Waals surface area contributed by atoms with Gasteiger partial charge < -0.3 is 10.1 Å². The predicted molar refractivity (Wildman–Crippen MR) is 179 cm³/mol. The molecule has 1 amide bonds. The summed E-state index contributed by atoms with van der Waals surface area (Å²) < 4.78 is 5.72. The number of methoxy groups -OCH3 is 1. The zero-order valence-corrected chi connectivity index (χ0v) is 27.6. The minimum Gasteiger partial charge on any atom is -0.496 e. The molecule has 2 saturated carbocycles. The molecule has 2 aromatic rings. The SMILES string of the molecule is COc1ccccc1C1CC(C(=O)NC2CN(Cc3ccccc3)N(C3CCCCCCC3)C2)(C2CCCCCCCC2)NO1. The molecule has 2 N–H and O–H groups in total.